The maximum atomic E-state index is 13.3. The van der Waals surface area contributed by atoms with Gasteiger partial charge in [-0.2, -0.15) is 0 Å². The number of phenolic OH excluding ortho intramolecular Hbond substituents is 1. The Labute approximate surface area is 230 Å². The Kier molecular flexibility index (Phi) is 14.1. The molecule has 0 fully saturated rings. The topological polar surface area (TPSA) is 257 Å². The number of benzene rings is 1. The van der Waals surface area contributed by atoms with Gasteiger partial charge in [0.2, 0.25) is 23.6 Å². The van der Waals surface area contributed by atoms with E-state index in [0.717, 1.165) is 0 Å². The molecule has 40 heavy (non-hydrogen) atoms. The fourth-order valence-corrected chi connectivity index (χ4v) is 3.51. The number of carbonyl (C=O) groups excluding carboxylic acids is 4. The van der Waals surface area contributed by atoms with Crippen LogP contribution >= 0.6 is 0 Å². The van der Waals surface area contributed by atoms with Crippen molar-refractivity contribution in [1.82, 2.24) is 21.3 Å². The first-order valence-electron chi connectivity index (χ1n) is 12.5. The highest BCUT2D eigenvalue weighted by molar-refractivity contribution is 5.95. The molecule has 4 amide bonds. The highest BCUT2D eigenvalue weighted by atomic mass is 16.4. The summed E-state index contributed by atoms with van der Waals surface area (Å²) >= 11 is 0. The summed E-state index contributed by atoms with van der Waals surface area (Å²) in [5.41, 5.74) is 6.11. The predicted molar refractivity (Wildman–Crippen MR) is 140 cm³/mol. The molecule has 0 saturated carbocycles. The Morgan fingerprint density at radius 1 is 0.800 bits per heavy atom. The molecule has 0 spiro atoms. The first kappa shape index (κ1) is 33.8. The standard InChI is InChI=1S/C25H37N5O10/c1-13(2)9-18(24(39)28-17(7-8-20(33)34)23(38)27-11-21(35)36)30-25(40)19(29-22(37)16(26)12-31)10-14-3-5-15(32)6-4-14/h3-6,13,16-19,31-32H,7-12,26H2,1-2H3,(H,27,38)(H,28,39)(H,29,37)(H,30,40)(H,33,34)(H,35,36)/t16-,17-,18-,19-/m0/s1. The third-order valence-electron chi connectivity index (χ3n) is 5.58. The summed E-state index contributed by atoms with van der Waals surface area (Å²) in [5.74, 6) is -6.10. The minimum absolute atomic E-state index is 0.0189. The molecule has 0 unspecified atom stereocenters. The predicted octanol–water partition coefficient (Wildman–Crippen LogP) is -2.18. The lowest BCUT2D eigenvalue weighted by atomic mass is 10.00. The number of aliphatic carboxylic acids is 2. The quantitative estimate of drug-likeness (QED) is 0.0977. The number of carboxylic acids is 2. The van der Waals surface area contributed by atoms with Gasteiger partial charge in [0.25, 0.3) is 0 Å². The fourth-order valence-electron chi connectivity index (χ4n) is 3.51. The van der Waals surface area contributed by atoms with Crippen LogP contribution in [0.2, 0.25) is 0 Å². The van der Waals surface area contributed by atoms with Crippen LogP contribution in [0.15, 0.2) is 24.3 Å². The monoisotopic (exact) mass is 567 g/mol. The van der Waals surface area contributed by atoms with Crippen LogP contribution in [0.5, 0.6) is 5.75 Å². The summed E-state index contributed by atoms with van der Waals surface area (Å²) in [6, 6.07) is 0.620. The molecule has 0 aliphatic rings. The molecular formula is C25H37N5O10. The van der Waals surface area contributed by atoms with Crippen LogP contribution in [0.25, 0.3) is 0 Å². The van der Waals surface area contributed by atoms with E-state index >= 15 is 0 Å². The smallest absolute Gasteiger partial charge is 0.322 e. The number of carboxylic acid groups (broad SMARTS) is 2. The molecule has 0 saturated heterocycles. The van der Waals surface area contributed by atoms with Gasteiger partial charge in [-0.15, -0.1) is 0 Å². The number of aliphatic hydroxyl groups excluding tert-OH is 1. The summed E-state index contributed by atoms with van der Waals surface area (Å²) in [5, 5.41) is 46.0. The van der Waals surface area contributed by atoms with E-state index in [1.54, 1.807) is 13.8 Å². The summed E-state index contributed by atoms with van der Waals surface area (Å²) in [6.07, 6.45) is -0.813. The maximum Gasteiger partial charge on any atom is 0.322 e. The highest BCUT2D eigenvalue weighted by Gasteiger charge is 2.31. The van der Waals surface area contributed by atoms with Crippen LogP contribution in [0.4, 0.5) is 0 Å². The van der Waals surface area contributed by atoms with Crippen LogP contribution in [-0.4, -0.2) is 93.3 Å². The van der Waals surface area contributed by atoms with Gasteiger partial charge in [0.05, 0.1) is 6.61 Å². The van der Waals surface area contributed by atoms with Gasteiger partial charge in [0, 0.05) is 12.8 Å². The zero-order valence-electron chi connectivity index (χ0n) is 22.3. The lowest BCUT2D eigenvalue weighted by Crippen LogP contribution is -2.58. The molecule has 0 radical (unpaired) electrons. The number of phenols is 1. The second-order valence-electron chi connectivity index (χ2n) is 9.52. The van der Waals surface area contributed by atoms with Gasteiger partial charge in [-0.05, 0) is 36.5 Å². The van der Waals surface area contributed by atoms with Gasteiger partial charge in [0.15, 0.2) is 0 Å². The van der Waals surface area contributed by atoms with Crippen LogP contribution < -0.4 is 27.0 Å². The van der Waals surface area contributed by atoms with Crippen LogP contribution in [0, 0.1) is 5.92 Å². The minimum atomic E-state index is -1.40. The van der Waals surface area contributed by atoms with Gasteiger partial charge < -0.3 is 47.4 Å². The Bertz CT molecular complexity index is 1050. The molecule has 0 aliphatic heterocycles. The number of aliphatic hydroxyl groups is 1. The van der Waals surface area contributed by atoms with E-state index in [1.807, 2.05) is 0 Å². The molecule has 15 heteroatoms. The second kappa shape index (κ2) is 16.7. The van der Waals surface area contributed by atoms with E-state index in [4.69, 9.17) is 15.9 Å². The van der Waals surface area contributed by atoms with E-state index in [9.17, 15) is 39.0 Å². The first-order chi connectivity index (χ1) is 18.7. The van der Waals surface area contributed by atoms with Gasteiger partial charge in [-0.3, -0.25) is 28.8 Å². The highest BCUT2D eigenvalue weighted by Crippen LogP contribution is 2.13. The van der Waals surface area contributed by atoms with Crippen molar-refractivity contribution in [1.29, 1.82) is 0 Å². The molecule has 10 N–H and O–H groups in total. The van der Waals surface area contributed by atoms with Crippen molar-refractivity contribution in [3.8, 4) is 5.75 Å². The molecular weight excluding hydrogens is 530 g/mol. The SMILES string of the molecule is CC(C)C[C@H](NC(=O)[C@H](Cc1ccc(O)cc1)NC(=O)[C@@H](N)CO)C(=O)N[C@@H](CCC(=O)O)C(=O)NCC(=O)O. The number of hydrogen-bond acceptors (Lipinski definition) is 9. The van der Waals surface area contributed by atoms with E-state index in [-0.39, 0.29) is 30.9 Å². The number of nitrogens with one attached hydrogen (secondary N) is 4. The maximum absolute atomic E-state index is 13.3. The molecule has 1 aromatic rings. The number of amides is 4. The lowest BCUT2D eigenvalue weighted by Gasteiger charge is -2.26. The van der Waals surface area contributed by atoms with Crippen molar-refractivity contribution >= 4 is 35.6 Å². The first-order valence-corrected chi connectivity index (χ1v) is 12.5. The van der Waals surface area contributed by atoms with Crippen molar-refractivity contribution in [2.75, 3.05) is 13.2 Å². The molecule has 15 nitrogen and oxygen atoms in total. The number of aromatic hydroxyl groups is 1. The largest absolute Gasteiger partial charge is 0.508 e. The summed E-state index contributed by atoms with van der Waals surface area (Å²) < 4.78 is 0. The summed E-state index contributed by atoms with van der Waals surface area (Å²) in [7, 11) is 0. The zero-order chi connectivity index (χ0) is 30.4. The van der Waals surface area contributed by atoms with Crippen molar-refractivity contribution in [2.45, 2.75) is 63.7 Å². The number of nitrogens with two attached hydrogens (primary N) is 1. The Morgan fingerprint density at radius 3 is 1.88 bits per heavy atom. The van der Waals surface area contributed by atoms with Crippen molar-refractivity contribution in [2.24, 2.45) is 11.7 Å². The van der Waals surface area contributed by atoms with Crippen molar-refractivity contribution < 1.29 is 49.2 Å². The molecule has 222 valence electrons. The van der Waals surface area contributed by atoms with Crippen LogP contribution in [0.3, 0.4) is 0 Å². The lowest BCUT2D eigenvalue weighted by molar-refractivity contribution is -0.140. The van der Waals surface area contributed by atoms with E-state index in [0.29, 0.717) is 5.56 Å². The minimum Gasteiger partial charge on any atom is -0.508 e. The third-order valence-corrected chi connectivity index (χ3v) is 5.58. The van der Waals surface area contributed by atoms with Gasteiger partial charge in [0.1, 0.15) is 36.5 Å². The molecule has 0 aliphatic carbocycles. The van der Waals surface area contributed by atoms with Crippen LogP contribution in [0.1, 0.15) is 38.7 Å². The molecule has 0 heterocycles. The van der Waals surface area contributed by atoms with Gasteiger partial charge in [-0.25, -0.2) is 0 Å². The molecule has 0 aromatic heterocycles. The number of carbonyl (C=O) groups is 6. The van der Waals surface area contributed by atoms with E-state index in [1.165, 1.54) is 24.3 Å². The third kappa shape index (κ3) is 12.5. The van der Waals surface area contributed by atoms with E-state index in [2.05, 4.69) is 21.3 Å². The second-order valence-corrected chi connectivity index (χ2v) is 9.52. The molecule has 1 rings (SSSR count). The zero-order valence-corrected chi connectivity index (χ0v) is 22.3. The molecule has 1 aromatic carbocycles. The number of rotatable bonds is 17. The molecule has 4 atom stereocenters. The van der Waals surface area contributed by atoms with Crippen LogP contribution in [-0.2, 0) is 35.2 Å². The van der Waals surface area contributed by atoms with Gasteiger partial charge in [-0.1, -0.05) is 26.0 Å². The molecule has 0 bridgehead atoms. The Balaban J connectivity index is 3.16. The summed E-state index contributed by atoms with van der Waals surface area (Å²) in [6.45, 7) is 2.10. The Morgan fingerprint density at radius 2 is 1.35 bits per heavy atom. The average Bonchev–Trinajstić information content (AvgIpc) is 2.88. The van der Waals surface area contributed by atoms with Crippen molar-refractivity contribution in [3.63, 3.8) is 0 Å². The number of hydrogen-bond donors (Lipinski definition) is 9. The summed E-state index contributed by atoms with van der Waals surface area (Å²) in [4.78, 5) is 73.1. The van der Waals surface area contributed by atoms with Crippen molar-refractivity contribution in [3.05, 3.63) is 29.8 Å². The van der Waals surface area contributed by atoms with Gasteiger partial charge >= 0.3 is 11.9 Å². The Hall–Kier alpha value is -4.24. The normalized spacial score (nSPS) is 13.8. The van der Waals surface area contributed by atoms with E-state index < -0.39 is 79.3 Å². The average molecular weight is 568 g/mol. The fraction of sp³-hybridized carbons (Fsp3) is 0.520.